The molecule has 2 heterocycles. The predicted octanol–water partition coefficient (Wildman–Crippen LogP) is 2.21. The third kappa shape index (κ3) is 1.59. The molecule has 2 aromatic heterocycles. The van der Waals surface area contributed by atoms with Crippen molar-refractivity contribution < 1.29 is 4.79 Å². The number of benzene rings is 1. The van der Waals surface area contributed by atoms with Gasteiger partial charge < -0.3 is 0 Å². The summed E-state index contributed by atoms with van der Waals surface area (Å²) in [5.74, 6) is 0.740. The zero-order chi connectivity index (χ0) is 11.7. The second kappa shape index (κ2) is 3.83. The molecule has 3 aromatic rings. The van der Waals surface area contributed by atoms with Gasteiger partial charge in [-0.1, -0.05) is 30.3 Å². The van der Waals surface area contributed by atoms with Gasteiger partial charge in [0, 0.05) is 17.3 Å². The summed E-state index contributed by atoms with van der Waals surface area (Å²) in [7, 11) is 0. The second-order valence-electron chi connectivity index (χ2n) is 3.70. The van der Waals surface area contributed by atoms with Crippen LogP contribution < -0.4 is 0 Å². The maximum Gasteiger partial charge on any atom is 0.168 e. The maximum absolute atomic E-state index is 10.8. The highest BCUT2D eigenvalue weighted by Gasteiger charge is 2.07. The highest BCUT2D eigenvalue weighted by molar-refractivity contribution is 5.75. The van der Waals surface area contributed by atoms with E-state index in [-0.39, 0.29) is 0 Å². The van der Waals surface area contributed by atoms with E-state index in [0.29, 0.717) is 5.56 Å². The van der Waals surface area contributed by atoms with Crippen LogP contribution >= 0.6 is 0 Å². The Morgan fingerprint density at radius 1 is 1.00 bits per heavy atom. The Hall–Kier alpha value is -2.49. The Bertz CT molecular complexity index is 673. The molecular formula is C13H9N3O. The van der Waals surface area contributed by atoms with E-state index in [1.54, 1.807) is 18.3 Å². The van der Waals surface area contributed by atoms with Crippen LogP contribution in [-0.2, 0) is 0 Å². The van der Waals surface area contributed by atoms with E-state index in [1.807, 2.05) is 34.7 Å². The van der Waals surface area contributed by atoms with Gasteiger partial charge in [-0.15, -0.1) is 10.2 Å². The Kier molecular flexibility index (Phi) is 2.19. The van der Waals surface area contributed by atoms with Crippen molar-refractivity contribution in [2.45, 2.75) is 0 Å². The van der Waals surface area contributed by atoms with Crippen LogP contribution in [0.2, 0.25) is 0 Å². The molecule has 4 nitrogen and oxygen atoms in total. The van der Waals surface area contributed by atoms with Gasteiger partial charge in [0.05, 0.1) is 0 Å². The average Bonchev–Trinajstić information content (AvgIpc) is 2.82. The smallest absolute Gasteiger partial charge is 0.168 e. The molecule has 0 saturated heterocycles. The minimum atomic E-state index is 0.606. The SMILES string of the molecule is O=Cc1ccc2nnc(-c3ccccc3)n2c1. The van der Waals surface area contributed by atoms with E-state index < -0.39 is 0 Å². The molecule has 17 heavy (non-hydrogen) atoms. The number of fused-ring (bicyclic) bond motifs is 1. The van der Waals surface area contributed by atoms with Crippen LogP contribution in [0.5, 0.6) is 0 Å². The van der Waals surface area contributed by atoms with Gasteiger partial charge in [-0.2, -0.15) is 0 Å². The summed E-state index contributed by atoms with van der Waals surface area (Å²) in [6, 6.07) is 13.3. The molecule has 1 aromatic carbocycles. The molecule has 4 heteroatoms. The fourth-order valence-corrected chi connectivity index (χ4v) is 1.76. The van der Waals surface area contributed by atoms with Gasteiger partial charge in [0.15, 0.2) is 17.8 Å². The Balaban J connectivity index is 2.27. The Labute approximate surface area is 97.5 Å². The number of rotatable bonds is 2. The third-order valence-corrected chi connectivity index (χ3v) is 2.59. The zero-order valence-corrected chi connectivity index (χ0v) is 8.95. The molecule has 0 radical (unpaired) electrons. The predicted molar refractivity (Wildman–Crippen MR) is 63.8 cm³/mol. The van der Waals surface area contributed by atoms with E-state index in [2.05, 4.69) is 10.2 Å². The van der Waals surface area contributed by atoms with Gasteiger partial charge in [-0.3, -0.25) is 9.20 Å². The number of nitrogens with zero attached hydrogens (tertiary/aromatic N) is 3. The van der Waals surface area contributed by atoms with Crippen molar-refractivity contribution in [2.75, 3.05) is 0 Å². The topological polar surface area (TPSA) is 47.3 Å². The molecule has 0 amide bonds. The standard InChI is InChI=1S/C13H9N3O/c17-9-10-6-7-12-14-15-13(16(12)8-10)11-4-2-1-3-5-11/h1-9H. The van der Waals surface area contributed by atoms with Gasteiger partial charge in [0.2, 0.25) is 0 Å². The van der Waals surface area contributed by atoms with E-state index >= 15 is 0 Å². The van der Waals surface area contributed by atoms with Gasteiger partial charge in [-0.25, -0.2) is 0 Å². The largest absolute Gasteiger partial charge is 0.298 e. The van der Waals surface area contributed by atoms with Crippen molar-refractivity contribution in [1.29, 1.82) is 0 Å². The lowest BCUT2D eigenvalue weighted by atomic mass is 10.2. The summed E-state index contributed by atoms with van der Waals surface area (Å²) in [5.41, 5.74) is 2.31. The van der Waals surface area contributed by atoms with Crippen LogP contribution in [0, 0.1) is 0 Å². The van der Waals surface area contributed by atoms with Crippen molar-refractivity contribution in [3.63, 3.8) is 0 Å². The lowest BCUT2D eigenvalue weighted by molar-refractivity contribution is 0.112. The molecule has 0 bridgehead atoms. The first-order chi connectivity index (χ1) is 8.38. The fraction of sp³-hybridized carbons (Fsp3) is 0. The van der Waals surface area contributed by atoms with Crippen molar-refractivity contribution in [1.82, 2.24) is 14.6 Å². The highest BCUT2D eigenvalue weighted by atomic mass is 16.1. The zero-order valence-electron chi connectivity index (χ0n) is 8.95. The first-order valence-corrected chi connectivity index (χ1v) is 5.24. The van der Waals surface area contributed by atoms with Crippen LogP contribution in [0.15, 0.2) is 48.7 Å². The number of aldehydes is 1. The molecule has 0 aliphatic carbocycles. The van der Waals surface area contributed by atoms with E-state index in [1.165, 1.54) is 0 Å². The Morgan fingerprint density at radius 3 is 2.59 bits per heavy atom. The summed E-state index contributed by atoms with van der Waals surface area (Å²) < 4.78 is 1.82. The first kappa shape index (κ1) is 9.72. The van der Waals surface area contributed by atoms with Crippen molar-refractivity contribution in [3.8, 4) is 11.4 Å². The fourth-order valence-electron chi connectivity index (χ4n) is 1.76. The lowest BCUT2D eigenvalue weighted by Gasteiger charge is -1.99. The molecule has 82 valence electrons. The second-order valence-corrected chi connectivity index (χ2v) is 3.70. The van der Waals surface area contributed by atoms with Crippen molar-refractivity contribution in [2.24, 2.45) is 0 Å². The van der Waals surface area contributed by atoms with Gasteiger partial charge in [-0.05, 0) is 12.1 Å². The number of hydrogen-bond acceptors (Lipinski definition) is 3. The summed E-state index contributed by atoms with van der Waals surface area (Å²) >= 11 is 0. The van der Waals surface area contributed by atoms with Gasteiger partial charge in [0.1, 0.15) is 0 Å². The Morgan fingerprint density at radius 2 is 1.82 bits per heavy atom. The van der Waals surface area contributed by atoms with Crippen LogP contribution in [0.3, 0.4) is 0 Å². The van der Waals surface area contributed by atoms with E-state index in [0.717, 1.165) is 23.3 Å². The molecule has 0 unspecified atom stereocenters. The maximum atomic E-state index is 10.8. The van der Waals surface area contributed by atoms with Crippen LogP contribution in [0.1, 0.15) is 10.4 Å². The highest BCUT2D eigenvalue weighted by Crippen LogP contribution is 2.17. The summed E-state index contributed by atoms with van der Waals surface area (Å²) in [5, 5.41) is 8.21. The monoisotopic (exact) mass is 223 g/mol. The molecule has 0 fully saturated rings. The molecule has 0 atom stereocenters. The van der Waals surface area contributed by atoms with Crippen LogP contribution in [0.25, 0.3) is 17.0 Å². The van der Waals surface area contributed by atoms with E-state index in [4.69, 9.17) is 0 Å². The number of pyridine rings is 1. The summed E-state index contributed by atoms with van der Waals surface area (Å²) in [6.07, 6.45) is 2.55. The molecular weight excluding hydrogens is 214 g/mol. The van der Waals surface area contributed by atoms with Crippen LogP contribution in [0.4, 0.5) is 0 Å². The minimum absolute atomic E-state index is 0.606. The molecule has 0 aliphatic rings. The normalized spacial score (nSPS) is 10.6. The summed E-state index contributed by atoms with van der Waals surface area (Å²) in [6.45, 7) is 0. The third-order valence-electron chi connectivity index (χ3n) is 2.59. The quantitative estimate of drug-likeness (QED) is 0.626. The molecule has 0 N–H and O–H groups in total. The lowest BCUT2D eigenvalue weighted by Crippen LogP contribution is -1.91. The molecule has 0 saturated carbocycles. The first-order valence-electron chi connectivity index (χ1n) is 5.24. The molecule has 0 spiro atoms. The minimum Gasteiger partial charge on any atom is -0.298 e. The number of aromatic nitrogens is 3. The van der Waals surface area contributed by atoms with Crippen molar-refractivity contribution >= 4 is 11.9 Å². The van der Waals surface area contributed by atoms with Gasteiger partial charge in [0.25, 0.3) is 0 Å². The van der Waals surface area contributed by atoms with Crippen LogP contribution in [-0.4, -0.2) is 20.9 Å². The van der Waals surface area contributed by atoms with Crippen molar-refractivity contribution in [3.05, 3.63) is 54.2 Å². The number of carbonyl (C=O) groups is 1. The number of hydrogen-bond donors (Lipinski definition) is 0. The van der Waals surface area contributed by atoms with E-state index in [9.17, 15) is 4.79 Å². The molecule has 0 aliphatic heterocycles. The molecule has 3 rings (SSSR count). The summed E-state index contributed by atoms with van der Waals surface area (Å²) in [4.78, 5) is 10.8. The average molecular weight is 223 g/mol. The van der Waals surface area contributed by atoms with Gasteiger partial charge >= 0.3 is 0 Å². The number of carbonyl (C=O) groups excluding carboxylic acids is 1.